The molecular formula is C30H20Br2IN3O2. The SMILES string of the molecule is O=C(N/N=C/c1cc(Br)c(OCc2ccc(Br)cc2)c(I)c1)c1cc(-c2ccccc2)nc2ccccc12. The zero-order valence-corrected chi connectivity index (χ0v) is 25.2. The van der Waals surface area contributed by atoms with Gasteiger partial charge in [0.1, 0.15) is 12.4 Å². The van der Waals surface area contributed by atoms with Crippen molar-refractivity contribution in [3.63, 3.8) is 0 Å². The molecule has 0 aliphatic carbocycles. The minimum atomic E-state index is -0.305. The Balaban J connectivity index is 1.32. The van der Waals surface area contributed by atoms with E-state index in [1.165, 1.54) is 0 Å². The Morgan fingerprint density at radius 1 is 0.947 bits per heavy atom. The van der Waals surface area contributed by atoms with Crippen molar-refractivity contribution in [2.75, 3.05) is 0 Å². The van der Waals surface area contributed by atoms with Crippen LogP contribution in [0.15, 0.2) is 111 Å². The summed E-state index contributed by atoms with van der Waals surface area (Å²) < 4.78 is 8.81. The highest BCUT2D eigenvalue weighted by molar-refractivity contribution is 14.1. The van der Waals surface area contributed by atoms with Crippen LogP contribution >= 0.6 is 54.5 Å². The lowest BCUT2D eigenvalue weighted by Crippen LogP contribution is -2.18. The molecule has 0 saturated heterocycles. The lowest BCUT2D eigenvalue weighted by Gasteiger charge is -2.11. The minimum Gasteiger partial charge on any atom is -0.487 e. The first kappa shape index (κ1) is 26.5. The molecule has 1 aromatic heterocycles. The molecule has 5 aromatic rings. The number of ether oxygens (including phenoxy) is 1. The van der Waals surface area contributed by atoms with Gasteiger partial charge in [0, 0.05) is 15.4 Å². The summed E-state index contributed by atoms with van der Waals surface area (Å²) in [7, 11) is 0. The number of halogens is 3. The molecule has 5 rings (SSSR count). The van der Waals surface area contributed by atoms with Crippen molar-refractivity contribution >= 4 is 77.5 Å². The number of para-hydroxylation sites is 1. The van der Waals surface area contributed by atoms with Gasteiger partial charge < -0.3 is 4.74 Å². The zero-order chi connectivity index (χ0) is 26.5. The summed E-state index contributed by atoms with van der Waals surface area (Å²) in [4.78, 5) is 17.9. The van der Waals surface area contributed by atoms with Crippen molar-refractivity contribution in [2.45, 2.75) is 6.61 Å². The highest BCUT2D eigenvalue weighted by atomic mass is 127. The van der Waals surface area contributed by atoms with Crippen molar-refractivity contribution in [3.8, 4) is 17.0 Å². The van der Waals surface area contributed by atoms with E-state index in [4.69, 9.17) is 9.72 Å². The number of hydrazone groups is 1. The van der Waals surface area contributed by atoms with Crippen molar-refractivity contribution in [1.29, 1.82) is 0 Å². The number of amides is 1. The molecule has 8 heteroatoms. The number of nitrogens with zero attached hydrogens (tertiary/aromatic N) is 2. The van der Waals surface area contributed by atoms with Gasteiger partial charge in [-0.3, -0.25) is 4.79 Å². The van der Waals surface area contributed by atoms with E-state index in [1.807, 2.05) is 91.0 Å². The first-order chi connectivity index (χ1) is 18.5. The fourth-order valence-corrected chi connectivity index (χ4v) is 5.91. The van der Waals surface area contributed by atoms with Crippen LogP contribution in [0.1, 0.15) is 21.5 Å². The topological polar surface area (TPSA) is 63.6 Å². The number of rotatable bonds is 7. The van der Waals surface area contributed by atoms with E-state index < -0.39 is 0 Å². The molecule has 0 fully saturated rings. The fourth-order valence-electron chi connectivity index (χ4n) is 3.87. The second-order valence-electron chi connectivity index (χ2n) is 8.37. The van der Waals surface area contributed by atoms with Crippen LogP contribution in [-0.4, -0.2) is 17.1 Å². The molecule has 4 aromatic carbocycles. The van der Waals surface area contributed by atoms with Gasteiger partial charge in [0.25, 0.3) is 5.91 Å². The van der Waals surface area contributed by atoms with Gasteiger partial charge >= 0.3 is 0 Å². The Labute approximate surface area is 250 Å². The third-order valence-electron chi connectivity index (χ3n) is 5.73. The Bertz CT molecular complexity index is 1620. The summed E-state index contributed by atoms with van der Waals surface area (Å²) >= 11 is 9.29. The van der Waals surface area contributed by atoms with Gasteiger partial charge in [-0.05, 0) is 86.0 Å². The van der Waals surface area contributed by atoms with E-state index in [2.05, 4.69) is 65.0 Å². The lowest BCUT2D eigenvalue weighted by molar-refractivity contribution is 0.0956. The highest BCUT2D eigenvalue weighted by Gasteiger charge is 2.14. The summed E-state index contributed by atoms with van der Waals surface area (Å²) in [5, 5.41) is 4.99. The standard InChI is InChI=1S/C30H20Br2IN3O2/c31-22-12-10-19(11-13-22)18-38-29-25(32)14-20(15-26(29)33)17-34-36-30(37)24-16-28(21-6-2-1-3-7-21)35-27-9-5-4-8-23(24)27/h1-17H,18H2,(H,36,37)/b34-17+. The first-order valence-electron chi connectivity index (χ1n) is 11.6. The number of carbonyl (C=O) groups excluding carboxylic acids is 1. The molecule has 38 heavy (non-hydrogen) atoms. The maximum atomic E-state index is 13.2. The summed E-state index contributed by atoms with van der Waals surface area (Å²) in [5.41, 5.74) is 7.50. The second kappa shape index (κ2) is 12.2. The molecule has 0 spiro atoms. The van der Waals surface area contributed by atoms with Gasteiger partial charge in [0.15, 0.2) is 0 Å². The van der Waals surface area contributed by atoms with Crippen molar-refractivity contribution in [1.82, 2.24) is 10.4 Å². The van der Waals surface area contributed by atoms with Gasteiger partial charge in [0.2, 0.25) is 0 Å². The third kappa shape index (κ3) is 6.31. The molecule has 0 aliphatic rings. The van der Waals surface area contributed by atoms with Gasteiger partial charge in [-0.25, -0.2) is 10.4 Å². The van der Waals surface area contributed by atoms with E-state index in [0.717, 1.165) is 51.6 Å². The summed E-state index contributed by atoms with van der Waals surface area (Å²) in [6, 6.07) is 31.1. The normalized spacial score (nSPS) is 11.1. The Morgan fingerprint density at radius 2 is 1.68 bits per heavy atom. The van der Waals surface area contributed by atoms with Crippen molar-refractivity contribution in [3.05, 3.63) is 126 Å². The van der Waals surface area contributed by atoms with Gasteiger partial charge in [0.05, 0.1) is 31.0 Å². The Hall–Kier alpha value is -3.08. The molecule has 0 unspecified atom stereocenters. The molecule has 0 atom stereocenters. The molecule has 1 N–H and O–H groups in total. The van der Waals surface area contributed by atoms with Gasteiger partial charge in [-0.1, -0.05) is 76.6 Å². The minimum absolute atomic E-state index is 0.305. The molecule has 0 aliphatic heterocycles. The quantitative estimate of drug-likeness (QED) is 0.104. The number of hydrogen-bond acceptors (Lipinski definition) is 4. The van der Waals surface area contributed by atoms with E-state index in [9.17, 15) is 4.79 Å². The number of aromatic nitrogens is 1. The third-order valence-corrected chi connectivity index (χ3v) is 7.65. The van der Waals surface area contributed by atoms with Crippen molar-refractivity contribution < 1.29 is 9.53 Å². The predicted octanol–water partition coefficient (Wildman–Crippen LogP) is 8.37. The lowest BCUT2D eigenvalue weighted by atomic mass is 10.0. The number of hydrogen-bond donors (Lipinski definition) is 1. The number of benzene rings is 4. The van der Waals surface area contributed by atoms with Crippen molar-refractivity contribution in [2.24, 2.45) is 5.10 Å². The van der Waals surface area contributed by atoms with E-state index in [1.54, 1.807) is 12.3 Å². The number of carbonyl (C=O) groups is 1. The smallest absolute Gasteiger partial charge is 0.272 e. The van der Waals surface area contributed by atoms with Crippen LogP contribution in [-0.2, 0) is 6.61 Å². The van der Waals surface area contributed by atoms with Crippen LogP contribution in [0.3, 0.4) is 0 Å². The Kier molecular flexibility index (Phi) is 8.51. The summed E-state index contributed by atoms with van der Waals surface area (Å²) in [6.07, 6.45) is 1.62. The van der Waals surface area contributed by atoms with E-state index in [0.29, 0.717) is 12.2 Å². The monoisotopic (exact) mass is 739 g/mol. The predicted molar refractivity (Wildman–Crippen MR) is 168 cm³/mol. The second-order valence-corrected chi connectivity index (χ2v) is 11.3. The van der Waals surface area contributed by atoms with E-state index in [-0.39, 0.29) is 5.91 Å². The summed E-state index contributed by atoms with van der Waals surface area (Å²) in [6.45, 7) is 0.455. The molecule has 0 bridgehead atoms. The average Bonchev–Trinajstić information content (AvgIpc) is 2.93. The highest BCUT2D eigenvalue weighted by Crippen LogP contribution is 2.32. The molecule has 5 nitrogen and oxygen atoms in total. The van der Waals surface area contributed by atoms with Gasteiger partial charge in [-0.15, -0.1) is 0 Å². The van der Waals surface area contributed by atoms with E-state index >= 15 is 0 Å². The zero-order valence-electron chi connectivity index (χ0n) is 19.9. The van der Waals surface area contributed by atoms with Crippen LogP contribution in [0.25, 0.3) is 22.2 Å². The van der Waals surface area contributed by atoms with Crippen LogP contribution in [0, 0.1) is 3.57 Å². The summed E-state index contributed by atoms with van der Waals surface area (Å²) in [5.74, 6) is 0.451. The number of fused-ring (bicyclic) bond motifs is 1. The van der Waals surface area contributed by atoms with Crippen LogP contribution in [0.2, 0.25) is 0 Å². The molecule has 0 radical (unpaired) electrons. The molecule has 188 valence electrons. The molecule has 0 saturated carbocycles. The average molecular weight is 741 g/mol. The fraction of sp³-hybridized carbons (Fsp3) is 0.0333. The number of nitrogens with one attached hydrogen (secondary N) is 1. The van der Waals surface area contributed by atoms with Gasteiger partial charge in [-0.2, -0.15) is 5.10 Å². The molecule has 1 amide bonds. The first-order valence-corrected chi connectivity index (χ1v) is 14.3. The Morgan fingerprint density at radius 3 is 2.45 bits per heavy atom. The molecule has 1 heterocycles. The number of pyridine rings is 1. The maximum Gasteiger partial charge on any atom is 0.272 e. The molecular weight excluding hydrogens is 721 g/mol. The van der Waals surface area contributed by atoms with Crippen LogP contribution < -0.4 is 10.2 Å². The maximum absolute atomic E-state index is 13.2. The van der Waals surface area contributed by atoms with Crippen LogP contribution in [0.5, 0.6) is 5.75 Å². The van der Waals surface area contributed by atoms with Crippen LogP contribution in [0.4, 0.5) is 0 Å². The largest absolute Gasteiger partial charge is 0.487 e.